The van der Waals surface area contributed by atoms with Crippen LogP contribution in [0.5, 0.6) is 0 Å². The Morgan fingerprint density at radius 3 is 2.69 bits per heavy atom. The Kier molecular flexibility index (Phi) is 3.48. The molecule has 3 nitrogen and oxygen atoms in total. The van der Waals surface area contributed by atoms with E-state index in [-0.39, 0.29) is 6.10 Å². The molecule has 0 saturated carbocycles. The third-order valence-electron chi connectivity index (χ3n) is 1.97. The lowest BCUT2D eigenvalue weighted by Gasteiger charge is -2.11. The highest BCUT2D eigenvalue weighted by Crippen LogP contribution is 2.09. The van der Waals surface area contributed by atoms with E-state index in [1.165, 1.54) is 0 Å². The Morgan fingerprint density at radius 2 is 2.23 bits per heavy atom. The summed E-state index contributed by atoms with van der Waals surface area (Å²) in [6.45, 7) is 4.24. The van der Waals surface area contributed by atoms with Crippen LogP contribution < -0.4 is 0 Å². The summed E-state index contributed by atoms with van der Waals surface area (Å²) in [6, 6.07) is 0. The monoisotopic (exact) mass is 182 g/mol. The van der Waals surface area contributed by atoms with Gasteiger partial charge in [0.2, 0.25) is 0 Å². The minimum absolute atomic E-state index is 0.232. The quantitative estimate of drug-likeness (QED) is 0.763. The van der Waals surface area contributed by atoms with Crippen molar-refractivity contribution in [1.82, 2.24) is 9.78 Å². The standard InChI is InChI=1S/C10H18N2O/c1-8(2)4-10(13)5-9-6-11-12(3)7-9/h6-8,10,13H,4-5H2,1-3H3. The molecule has 1 unspecified atom stereocenters. The zero-order valence-corrected chi connectivity index (χ0v) is 8.57. The van der Waals surface area contributed by atoms with Gasteiger partial charge in [-0.3, -0.25) is 4.68 Å². The molecule has 1 atom stereocenters. The molecule has 1 aromatic rings. The van der Waals surface area contributed by atoms with Crippen molar-refractivity contribution < 1.29 is 5.11 Å². The largest absolute Gasteiger partial charge is 0.393 e. The van der Waals surface area contributed by atoms with E-state index in [0.717, 1.165) is 12.0 Å². The van der Waals surface area contributed by atoms with Crippen molar-refractivity contribution in [3.63, 3.8) is 0 Å². The van der Waals surface area contributed by atoms with Crippen molar-refractivity contribution in [2.75, 3.05) is 0 Å². The Labute approximate surface area is 79.4 Å². The van der Waals surface area contributed by atoms with Gasteiger partial charge in [0.1, 0.15) is 0 Å². The Bertz CT molecular complexity index is 255. The SMILES string of the molecule is CC(C)CC(O)Cc1cnn(C)c1. The maximum absolute atomic E-state index is 9.65. The predicted molar refractivity (Wildman–Crippen MR) is 52.4 cm³/mol. The Balaban J connectivity index is 2.40. The molecule has 0 saturated heterocycles. The molecule has 3 heteroatoms. The van der Waals surface area contributed by atoms with E-state index in [4.69, 9.17) is 0 Å². The van der Waals surface area contributed by atoms with Crippen LogP contribution in [0.25, 0.3) is 0 Å². The number of aliphatic hydroxyl groups is 1. The zero-order chi connectivity index (χ0) is 9.84. The van der Waals surface area contributed by atoms with Gasteiger partial charge in [0.05, 0.1) is 12.3 Å². The third-order valence-corrected chi connectivity index (χ3v) is 1.97. The third kappa shape index (κ3) is 3.59. The fraction of sp³-hybridized carbons (Fsp3) is 0.700. The fourth-order valence-corrected chi connectivity index (χ4v) is 1.48. The molecule has 0 aliphatic carbocycles. The molecular weight excluding hydrogens is 164 g/mol. The molecule has 13 heavy (non-hydrogen) atoms. The second-order valence-electron chi connectivity index (χ2n) is 4.01. The highest BCUT2D eigenvalue weighted by Gasteiger charge is 2.08. The number of hydrogen-bond acceptors (Lipinski definition) is 2. The average Bonchev–Trinajstić information content (AvgIpc) is 2.33. The van der Waals surface area contributed by atoms with Gasteiger partial charge in [0, 0.05) is 19.7 Å². The van der Waals surface area contributed by atoms with Gasteiger partial charge in [0.25, 0.3) is 0 Å². The molecule has 1 N–H and O–H groups in total. The summed E-state index contributed by atoms with van der Waals surface area (Å²) in [7, 11) is 1.89. The van der Waals surface area contributed by atoms with Gasteiger partial charge in [-0.2, -0.15) is 5.10 Å². The minimum Gasteiger partial charge on any atom is -0.393 e. The molecule has 0 fully saturated rings. The molecule has 0 radical (unpaired) electrons. The number of hydrogen-bond donors (Lipinski definition) is 1. The van der Waals surface area contributed by atoms with Crippen molar-refractivity contribution in [3.05, 3.63) is 18.0 Å². The molecule has 0 aromatic carbocycles. The van der Waals surface area contributed by atoms with E-state index in [9.17, 15) is 5.11 Å². The van der Waals surface area contributed by atoms with Crippen LogP contribution in [0.15, 0.2) is 12.4 Å². The summed E-state index contributed by atoms with van der Waals surface area (Å²) in [5, 5.41) is 13.7. The van der Waals surface area contributed by atoms with Gasteiger partial charge >= 0.3 is 0 Å². The van der Waals surface area contributed by atoms with Gasteiger partial charge in [-0.15, -0.1) is 0 Å². The smallest absolute Gasteiger partial charge is 0.0584 e. The molecule has 0 aliphatic rings. The van der Waals surface area contributed by atoms with E-state index < -0.39 is 0 Å². The highest BCUT2D eigenvalue weighted by atomic mass is 16.3. The normalized spacial score (nSPS) is 13.6. The average molecular weight is 182 g/mol. The summed E-state index contributed by atoms with van der Waals surface area (Å²) >= 11 is 0. The highest BCUT2D eigenvalue weighted by molar-refractivity contribution is 5.04. The van der Waals surface area contributed by atoms with Crippen LogP contribution in [0.1, 0.15) is 25.8 Å². The predicted octanol–water partition coefficient (Wildman–Crippen LogP) is 1.37. The van der Waals surface area contributed by atoms with Crippen LogP contribution in [0, 0.1) is 5.92 Å². The molecule has 0 amide bonds. The van der Waals surface area contributed by atoms with Gasteiger partial charge in [-0.25, -0.2) is 0 Å². The van der Waals surface area contributed by atoms with Crippen LogP contribution in [0.3, 0.4) is 0 Å². The van der Waals surface area contributed by atoms with Crippen LogP contribution in [-0.2, 0) is 13.5 Å². The molecule has 1 rings (SSSR count). The van der Waals surface area contributed by atoms with E-state index in [0.29, 0.717) is 12.3 Å². The van der Waals surface area contributed by atoms with Crippen molar-refractivity contribution in [2.45, 2.75) is 32.8 Å². The lowest BCUT2D eigenvalue weighted by molar-refractivity contribution is 0.149. The van der Waals surface area contributed by atoms with Gasteiger partial charge < -0.3 is 5.11 Å². The lowest BCUT2D eigenvalue weighted by Crippen LogP contribution is -2.12. The first kappa shape index (κ1) is 10.3. The summed E-state index contributed by atoms with van der Waals surface area (Å²) < 4.78 is 1.76. The zero-order valence-electron chi connectivity index (χ0n) is 8.57. The van der Waals surface area contributed by atoms with Crippen LogP contribution >= 0.6 is 0 Å². The number of aryl methyl sites for hydroxylation is 1. The Morgan fingerprint density at radius 1 is 1.54 bits per heavy atom. The maximum atomic E-state index is 9.65. The number of rotatable bonds is 4. The van der Waals surface area contributed by atoms with Crippen molar-refractivity contribution in [1.29, 1.82) is 0 Å². The summed E-state index contributed by atoms with van der Waals surface area (Å²) in [5.41, 5.74) is 1.11. The fourth-order valence-electron chi connectivity index (χ4n) is 1.48. The number of aliphatic hydroxyl groups excluding tert-OH is 1. The van der Waals surface area contributed by atoms with Gasteiger partial charge in [-0.1, -0.05) is 13.8 Å². The molecule has 0 aliphatic heterocycles. The van der Waals surface area contributed by atoms with Gasteiger partial charge in [0.15, 0.2) is 0 Å². The molecule has 0 bridgehead atoms. The molecule has 1 heterocycles. The Hall–Kier alpha value is -0.830. The van der Waals surface area contributed by atoms with E-state index in [1.54, 1.807) is 4.68 Å². The van der Waals surface area contributed by atoms with Crippen molar-refractivity contribution in [2.24, 2.45) is 13.0 Å². The minimum atomic E-state index is -0.232. The first-order chi connectivity index (χ1) is 6.08. The second-order valence-corrected chi connectivity index (χ2v) is 4.01. The second kappa shape index (κ2) is 4.42. The lowest BCUT2D eigenvalue weighted by atomic mass is 10.0. The first-order valence-electron chi connectivity index (χ1n) is 4.73. The topological polar surface area (TPSA) is 38.1 Å². The first-order valence-corrected chi connectivity index (χ1v) is 4.73. The molecule has 74 valence electrons. The van der Waals surface area contributed by atoms with Crippen LogP contribution in [0.2, 0.25) is 0 Å². The van der Waals surface area contributed by atoms with Crippen molar-refractivity contribution in [3.8, 4) is 0 Å². The molecule has 0 spiro atoms. The van der Waals surface area contributed by atoms with Crippen LogP contribution in [-0.4, -0.2) is 21.0 Å². The van der Waals surface area contributed by atoms with E-state index in [2.05, 4.69) is 18.9 Å². The van der Waals surface area contributed by atoms with E-state index in [1.807, 2.05) is 19.4 Å². The summed E-state index contributed by atoms with van der Waals surface area (Å²) in [6.07, 6.45) is 5.10. The van der Waals surface area contributed by atoms with E-state index >= 15 is 0 Å². The van der Waals surface area contributed by atoms with Crippen molar-refractivity contribution >= 4 is 0 Å². The van der Waals surface area contributed by atoms with Crippen LogP contribution in [0.4, 0.5) is 0 Å². The molecule has 1 aromatic heterocycles. The summed E-state index contributed by atoms with van der Waals surface area (Å²) in [5.74, 6) is 0.548. The number of nitrogens with zero attached hydrogens (tertiary/aromatic N) is 2. The summed E-state index contributed by atoms with van der Waals surface area (Å²) in [4.78, 5) is 0. The van der Waals surface area contributed by atoms with Gasteiger partial charge in [-0.05, 0) is 17.9 Å². The maximum Gasteiger partial charge on any atom is 0.0584 e. The number of aromatic nitrogens is 2. The molecular formula is C10H18N2O.